The Balaban J connectivity index is 4.10. The van der Waals surface area contributed by atoms with Crippen molar-refractivity contribution in [1.29, 1.82) is 0 Å². The average molecular weight is 216 g/mol. The number of aliphatic hydroxyl groups excluding tert-OH is 1. The molecule has 0 aromatic carbocycles. The molecule has 0 spiro atoms. The summed E-state index contributed by atoms with van der Waals surface area (Å²) in [5.74, 6) is 0.0155. The first-order chi connectivity index (χ1) is 7.14. The van der Waals surface area contributed by atoms with E-state index in [0.29, 0.717) is 13.1 Å². The van der Waals surface area contributed by atoms with Crippen molar-refractivity contribution in [1.82, 2.24) is 10.6 Å². The molecule has 0 aliphatic carbocycles. The van der Waals surface area contributed by atoms with E-state index in [1.54, 1.807) is 7.05 Å². The molecule has 0 saturated heterocycles. The lowest BCUT2D eigenvalue weighted by molar-refractivity contribution is -0.120. The van der Waals surface area contributed by atoms with Crippen LogP contribution in [0.1, 0.15) is 33.1 Å². The second-order valence-electron chi connectivity index (χ2n) is 3.99. The van der Waals surface area contributed by atoms with Crippen LogP contribution < -0.4 is 10.6 Å². The van der Waals surface area contributed by atoms with E-state index in [0.717, 1.165) is 19.3 Å². The molecule has 0 atom stereocenters. The van der Waals surface area contributed by atoms with Gasteiger partial charge in [0.15, 0.2) is 0 Å². The van der Waals surface area contributed by atoms with Gasteiger partial charge in [0.05, 0.1) is 6.54 Å². The Morgan fingerprint density at radius 2 is 1.93 bits per heavy atom. The fourth-order valence-corrected chi connectivity index (χ4v) is 1.69. The molecule has 0 rings (SSSR count). The maximum Gasteiger partial charge on any atom is 0.233 e. The first-order valence-electron chi connectivity index (χ1n) is 5.66. The van der Waals surface area contributed by atoms with Crippen molar-refractivity contribution >= 4 is 5.91 Å². The molecule has 1 amide bonds. The van der Waals surface area contributed by atoms with E-state index in [2.05, 4.69) is 24.5 Å². The van der Waals surface area contributed by atoms with Gasteiger partial charge in [-0.05, 0) is 31.7 Å². The topological polar surface area (TPSA) is 61.4 Å². The van der Waals surface area contributed by atoms with E-state index in [1.807, 2.05) is 0 Å². The first kappa shape index (κ1) is 14.4. The van der Waals surface area contributed by atoms with Crippen LogP contribution in [0, 0.1) is 5.41 Å². The molecule has 90 valence electrons. The summed E-state index contributed by atoms with van der Waals surface area (Å²) < 4.78 is 0. The Kier molecular flexibility index (Phi) is 7.34. The Bertz CT molecular complexity index is 179. The molecule has 0 aromatic rings. The summed E-state index contributed by atoms with van der Waals surface area (Å²) in [6.45, 7) is 5.39. The van der Waals surface area contributed by atoms with Crippen molar-refractivity contribution in [3.63, 3.8) is 0 Å². The van der Waals surface area contributed by atoms with Gasteiger partial charge in [-0.2, -0.15) is 0 Å². The van der Waals surface area contributed by atoms with E-state index >= 15 is 0 Å². The third-order valence-corrected chi connectivity index (χ3v) is 3.14. The minimum absolute atomic E-state index is 0.0155. The number of carbonyl (C=O) groups excluding carboxylic acids is 1. The van der Waals surface area contributed by atoms with Gasteiger partial charge < -0.3 is 15.7 Å². The van der Waals surface area contributed by atoms with Gasteiger partial charge in [-0.1, -0.05) is 13.8 Å². The Morgan fingerprint density at radius 3 is 2.33 bits per heavy atom. The molecule has 0 fully saturated rings. The highest BCUT2D eigenvalue weighted by Gasteiger charge is 2.25. The number of hydrogen-bond acceptors (Lipinski definition) is 3. The third-order valence-electron chi connectivity index (χ3n) is 3.14. The largest absolute Gasteiger partial charge is 0.396 e. The van der Waals surface area contributed by atoms with Crippen molar-refractivity contribution in [3.05, 3.63) is 0 Å². The minimum atomic E-state index is 0.0155. The maximum absolute atomic E-state index is 11.3. The monoisotopic (exact) mass is 216 g/mol. The lowest BCUT2D eigenvalue weighted by Crippen LogP contribution is -2.40. The SMILES string of the molecule is CCC(CC)(CCO)CNC(=O)CNC. The molecule has 0 saturated carbocycles. The highest BCUT2D eigenvalue weighted by Crippen LogP contribution is 2.29. The zero-order valence-corrected chi connectivity index (χ0v) is 10.1. The van der Waals surface area contributed by atoms with E-state index in [1.165, 1.54) is 0 Å². The van der Waals surface area contributed by atoms with Crippen molar-refractivity contribution in [2.45, 2.75) is 33.1 Å². The lowest BCUT2D eigenvalue weighted by atomic mass is 9.79. The highest BCUT2D eigenvalue weighted by atomic mass is 16.3. The molecule has 0 aliphatic rings. The van der Waals surface area contributed by atoms with Gasteiger partial charge in [0.25, 0.3) is 0 Å². The Labute approximate surface area is 92.4 Å². The summed E-state index contributed by atoms with van der Waals surface area (Å²) in [4.78, 5) is 11.3. The average Bonchev–Trinajstić information content (AvgIpc) is 2.25. The molecule has 0 aromatic heterocycles. The molecular formula is C11H24N2O2. The molecule has 15 heavy (non-hydrogen) atoms. The summed E-state index contributed by atoms with van der Waals surface area (Å²) >= 11 is 0. The second-order valence-corrected chi connectivity index (χ2v) is 3.99. The smallest absolute Gasteiger partial charge is 0.233 e. The number of nitrogens with one attached hydrogen (secondary N) is 2. The predicted molar refractivity (Wildman–Crippen MR) is 61.7 cm³/mol. The third kappa shape index (κ3) is 5.14. The van der Waals surface area contributed by atoms with Gasteiger partial charge >= 0.3 is 0 Å². The summed E-state index contributed by atoms with van der Waals surface area (Å²) in [7, 11) is 1.75. The van der Waals surface area contributed by atoms with Crippen LogP contribution in [0.4, 0.5) is 0 Å². The molecule has 0 aliphatic heterocycles. The normalized spacial score (nSPS) is 11.5. The summed E-state index contributed by atoms with van der Waals surface area (Å²) in [6.07, 6.45) is 2.70. The molecule has 4 heteroatoms. The van der Waals surface area contributed by atoms with E-state index in [9.17, 15) is 4.79 Å². The number of carbonyl (C=O) groups is 1. The predicted octanol–water partition coefficient (Wildman–Crippen LogP) is 0.511. The van der Waals surface area contributed by atoms with Gasteiger partial charge in [-0.15, -0.1) is 0 Å². The second kappa shape index (κ2) is 7.65. The van der Waals surface area contributed by atoms with Crippen molar-refractivity contribution in [2.24, 2.45) is 5.41 Å². The summed E-state index contributed by atoms with van der Waals surface area (Å²) in [5.41, 5.74) is 0.0537. The van der Waals surface area contributed by atoms with Crippen LogP contribution in [0.15, 0.2) is 0 Å². The van der Waals surface area contributed by atoms with Crippen LogP contribution in [-0.4, -0.2) is 37.8 Å². The van der Waals surface area contributed by atoms with Gasteiger partial charge in [0, 0.05) is 13.2 Å². The maximum atomic E-state index is 11.3. The van der Waals surface area contributed by atoms with Gasteiger partial charge in [0.2, 0.25) is 5.91 Å². The highest BCUT2D eigenvalue weighted by molar-refractivity contribution is 5.77. The molecule has 0 radical (unpaired) electrons. The van der Waals surface area contributed by atoms with Crippen LogP contribution in [0.2, 0.25) is 0 Å². The molecule has 0 heterocycles. The molecule has 0 unspecified atom stereocenters. The van der Waals surface area contributed by atoms with Crippen LogP contribution in [0.5, 0.6) is 0 Å². The first-order valence-corrected chi connectivity index (χ1v) is 5.66. The van der Waals surface area contributed by atoms with Crippen molar-refractivity contribution in [3.8, 4) is 0 Å². The zero-order chi connectivity index (χ0) is 11.7. The van der Waals surface area contributed by atoms with Crippen molar-refractivity contribution < 1.29 is 9.90 Å². The number of rotatable bonds is 8. The van der Waals surface area contributed by atoms with Crippen molar-refractivity contribution in [2.75, 3.05) is 26.7 Å². The van der Waals surface area contributed by atoms with Gasteiger partial charge in [-0.3, -0.25) is 4.79 Å². The van der Waals surface area contributed by atoms with E-state index in [4.69, 9.17) is 5.11 Å². The standard InChI is InChI=1S/C11H24N2O2/c1-4-11(5-2,6-7-14)9-13-10(15)8-12-3/h12,14H,4-9H2,1-3H3,(H,13,15). The number of hydrogen-bond donors (Lipinski definition) is 3. The molecule has 4 nitrogen and oxygen atoms in total. The molecule has 3 N–H and O–H groups in total. The fourth-order valence-electron chi connectivity index (χ4n) is 1.69. The zero-order valence-electron chi connectivity index (χ0n) is 10.1. The van der Waals surface area contributed by atoms with Gasteiger partial charge in [-0.25, -0.2) is 0 Å². The van der Waals surface area contributed by atoms with E-state index < -0.39 is 0 Å². The minimum Gasteiger partial charge on any atom is -0.396 e. The quantitative estimate of drug-likeness (QED) is 0.554. The molecular weight excluding hydrogens is 192 g/mol. The Hall–Kier alpha value is -0.610. The number of amides is 1. The van der Waals surface area contributed by atoms with E-state index in [-0.39, 0.29) is 17.9 Å². The number of likely N-dealkylation sites (N-methyl/N-ethyl adjacent to an activating group) is 1. The molecule has 0 bridgehead atoms. The summed E-state index contributed by atoms with van der Waals surface area (Å²) in [6, 6.07) is 0. The van der Waals surface area contributed by atoms with Crippen LogP contribution >= 0.6 is 0 Å². The summed E-state index contributed by atoms with van der Waals surface area (Å²) in [5, 5.41) is 14.7. The fraction of sp³-hybridized carbons (Fsp3) is 0.909. The number of aliphatic hydroxyl groups is 1. The van der Waals surface area contributed by atoms with Gasteiger partial charge in [0.1, 0.15) is 0 Å². The van der Waals surface area contributed by atoms with Crippen LogP contribution in [0.25, 0.3) is 0 Å². The lowest BCUT2D eigenvalue weighted by Gasteiger charge is -2.31. The van der Waals surface area contributed by atoms with Crippen LogP contribution in [-0.2, 0) is 4.79 Å². The Morgan fingerprint density at radius 1 is 1.33 bits per heavy atom. The van der Waals surface area contributed by atoms with Crippen LogP contribution in [0.3, 0.4) is 0 Å².